The number of hydrogen-bond donors (Lipinski definition) is 7. The molecule has 0 rings (SSSR count). The number of unbranched alkanes of at least 4 members (excludes halogenated alkanes) is 1. The van der Waals surface area contributed by atoms with Crippen LogP contribution in [0, 0.1) is 0 Å². The van der Waals surface area contributed by atoms with Crippen LogP contribution in [-0.2, 0) is 24.0 Å². The Bertz CT molecular complexity index is 540. The summed E-state index contributed by atoms with van der Waals surface area (Å²) in [6.07, 6.45) is 0.0489. The summed E-state index contributed by atoms with van der Waals surface area (Å²) in [7, 11) is 0. The maximum absolute atomic E-state index is 12.1. The smallest absolute Gasteiger partial charge is 0.326 e. The fourth-order valence-corrected chi connectivity index (χ4v) is 1.98. The van der Waals surface area contributed by atoms with Crippen LogP contribution in [0.4, 0.5) is 0 Å². The second-order valence-corrected chi connectivity index (χ2v) is 5.62. The molecule has 0 saturated heterocycles. The molecule has 12 nitrogen and oxygen atoms in total. The molecule has 0 aliphatic heterocycles. The molecule has 0 aromatic heterocycles. The van der Waals surface area contributed by atoms with Gasteiger partial charge in [0.1, 0.15) is 12.1 Å². The van der Waals surface area contributed by atoms with Crippen molar-refractivity contribution in [3.8, 4) is 0 Å². The Morgan fingerprint density at radius 1 is 0.885 bits per heavy atom. The lowest BCUT2D eigenvalue weighted by Crippen LogP contribution is -2.55. The normalized spacial score (nSPS) is 13.9. The van der Waals surface area contributed by atoms with Crippen molar-refractivity contribution in [1.82, 2.24) is 10.6 Å². The fraction of sp³-hybridized carbons (Fsp3) is 0.643. The first kappa shape index (κ1) is 23.3. The number of hydrogen-bond acceptors (Lipinski definition) is 7. The second kappa shape index (κ2) is 11.8. The molecule has 0 aromatic rings. The van der Waals surface area contributed by atoms with E-state index in [1.54, 1.807) is 0 Å². The van der Waals surface area contributed by atoms with E-state index >= 15 is 0 Å². The topological polar surface area (TPSA) is 228 Å². The average molecular weight is 375 g/mol. The van der Waals surface area contributed by atoms with Gasteiger partial charge in [-0.1, -0.05) is 6.42 Å². The summed E-state index contributed by atoms with van der Waals surface area (Å²) >= 11 is 0. The molecule has 0 unspecified atom stereocenters. The Morgan fingerprint density at radius 3 is 1.92 bits per heavy atom. The molecule has 0 aliphatic carbocycles. The number of rotatable bonds is 13. The van der Waals surface area contributed by atoms with Gasteiger partial charge in [0.2, 0.25) is 17.7 Å². The van der Waals surface area contributed by atoms with Crippen molar-refractivity contribution in [2.24, 2.45) is 17.2 Å². The minimum absolute atomic E-state index is 0.296. The van der Waals surface area contributed by atoms with Crippen molar-refractivity contribution in [2.45, 2.75) is 50.2 Å². The van der Waals surface area contributed by atoms with Crippen LogP contribution in [-0.4, -0.2) is 64.5 Å². The van der Waals surface area contributed by atoms with E-state index in [1.807, 2.05) is 5.32 Å². The van der Waals surface area contributed by atoms with Crippen molar-refractivity contribution in [3.05, 3.63) is 0 Å². The van der Waals surface area contributed by atoms with Gasteiger partial charge in [-0.2, -0.15) is 0 Å². The molecule has 0 aliphatic rings. The van der Waals surface area contributed by atoms with Crippen molar-refractivity contribution in [2.75, 3.05) is 6.54 Å². The van der Waals surface area contributed by atoms with E-state index < -0.39 is 60.6 Å². The minimum atomic E-state index is -1.73. The molecule has 10 N–H and O–H groups in total. The van der Waals surface area contributed by atoms with Crippen molar-refractivity contribution >= 4 is 29.7 Å². The SMILES string of the molecule is NCCCC[C@H](N)C(=O)N[C@@H](CC(N)=O)C(=O)N[C@@H](CC(=O)O)C(=O)O. The van der Waals surface area contributed by atoms with Gasteiger partial charge in [-0.25, -0.2) is 4.79 Å². The third-order valence-electron chi connectivity index (χ3n) is 3.34. The highest BCUT2D eigenvalue weighted by Gasteiger charge is 2.30. The van der Waals surface area contributed by atoms with Gasteiger partial charge in [0.25, 0.3) is 0 Å². The predicted octanol–water partition coefficient (Wildman–Crippen LogP) is -3.15. The zero-order valence-corrected chi connectivity index (χ0v) is 14.1. The Balaban J connectivity index is 4.97. The van der Waals surface area contributed by atoms with Crippen molar-refractivity contribution < 1.29 is 34.2 Å². The maximum atomic E-state index is 12.1. The van der Waals surface area contributed by atoms with Gasteiger partial charge in [0.05, 0.1) is 18.9 Å². The molecular formula is C14H25N5O7. The summed E-state index contributed by atoms with van der Waals surface area (Å²) in [4.78, 5) is 56.9. The van der Waals surface area contributed by atoms with Crippen LogP contribution in [0.5, 0.6) is 0 Å². The number of amides is 3. The highest BCUT2D eigenvalue weighted by atomic mass is 16.4. The molecule has 26 heavy (non-hydrogen) atoms. The number of carbonyl (C=O) groups excluding carboxylic acids is 3. The zero-order valence-electron chi connectivity index (χ0n) is 14.1. The molecule has 0 radical (unpaired) electrons. The Labute approximate surface area is 149 Å². The Hall–Kier alpha value is -2.73. The van der Waals surface area contributed by atoms with Crippen LogP contribution < -0.4 is 27.8 Å². The maximum Gasteiger partial charge on any atom is 0.326 e. The van der Waals surface area contributed by atoms with E-state index in [-0.39, 0.29) is 0 Å². The lowest BCUT2D eigenvalue weighted by molar-refractivity contribution is -0.147. The van der Waals surface area contributed by atoms with Gasteiger partial charge in [0.15, 0.2) is 0 Å². The molecule has 0 fully saturated rings. The number of carboxylic acid groups (broad SMARTS) is 2. The Morgan fingerprint density at radius 2 is 1.46 bits per heavy atom. The quantitative estimate of drug-likeness (QED) is 0.161. The average Bonchev–Trinajstić information content (AvgIpc) is 2.52. The van der Waals surface area contributed by atoms with E-state index in [4.69, 9.17) is 27.4 Å². The Kier molecular flexibility index (Phi) is 10.5. The molecule has 0 aromatic carbocycles. The fourth-order valence-electron chi connectivity index (χ4n) is 1.98. The van der Waals surface area contributed by atoms with Crippen LogP contribution >= 0.6 is 0 Å². The zero-order chi connectivity index (χ0) is 20.3. The van der Waals surface area contributed by atoms with Crippen LogP contribution in [0.3, 0.4) is 0 Å². The lowest BCUT2D eigenvalue weighted by atomic mass is 10.1. The lowest BCUT2D eigenvalue weighted by Gasteiger charge is -2.21. The molecule has 0 bridgehead atoms. The molecule has 12 heteroatoms. The summed E-state index contributed by atoms with van der Waals surface area (Å²) in [5.74, 6) is -5.74. The standard InChI is InChI=1S/C14H25N5O7/c15-4-2-1-3-7(16)12(23)18-8(5-10(17)20)13(24)19-9(14(25)26)6-11(21)22/h7-9H,1-6,15-16H2,(H2,17,20)(H,18,23)(H,19,24)(H,21,22)(H,25,26)/t7-,8-,9-/m0/s1. The first-order chi connectivity index (χ1) is 12.1. The number of aliphatic carboxylic acids is 2. The molecule has 0 saturated carbocycles. The highest BCUT2D eigenvalue weighted by molar-refractivity contribution is 5.95. The molecular weight excluding hydrogens is 350 g/mol. The van der Waals surface area contributed by atoms with Crippen molar-refractivity contribution in [1.29, 1.82) is 0 Å². The molecule has 3 amide bonds. The van der Waals surface area contributed by atoms with Gasteiger partial charge in [-0.3, -0.25) is 19.2 Å². The van der Waals surface area contributed by atoms with Crippen molar-refractivity contribution in [3.63, 3.8) is 0 Å². The largest absolute Gasteiger partial charge is 0.481 e. The minimum Gasteiger partial charge on any atom is -0.481 e. The number of carboxylic acids is 2. The number of primary amides is 1. The summed E-state index contributed by atoms with van der Waals surface area (Å²) in [6, 6.07) is -4.17. The third-order valence-corrected chi connectivity index (χ3v) is 3.34. The van der Waals surface area contributed by atoms with E-state index in [0.29, 0.717) is 25.8 Å². The predicted molar refractivity (Wildman–Crippen MR) is 88.4 cm³/mol. The van der Waals surface area contributed by atoms with Crippen LogP contribution in [0.15, 0.2) is 0 Å². The first-order valence-corrected chi connectivity index (χ1v) is 7.87. The third kappa shape index (κ3) is 9.54. The van der Waals surface area contributed by atoms with E-state index in [0.717, 1.165) is 0 Å². The monoisotopic (exact) mass is 375 g/mol. The van der Waals surface area contributed by atoms with Crippen LogP contribution in [0.25, 0.3) is 0 Å². The number of nitrogens with one attached hydrogen (secondary N) is 2. The summed E-state index contributed by atoms with van der Waals surface area (Å²) in [6.45, 7) is 0.432. The summed E-state index contributed by atoms with van der Waals surface area (Å²) in [5.41, 5.74) is 16.0. The number of carbonyl (C=O) groups is 5. The van der Waals surface area contributed by atoms with Gasteiger partial charge >= 0.3 is 11.9 Å². The summed E-state index contributed by atoms with van der Waals surface area (Å²) in [5, 5.41) is 21.8. The van der Waals surface area contributed by atoms with Gasteiger partial charge in [0, 0.05) is 0 Å². The van der Waals surface area contributed by atoms with E-state index in [1.165, 1.54) is 0 Å². The van der Waals surface area contributed by atoms with Crippen LogP contribution in [0.1, 0.15) is 32.1 Å². The molecule has 0 heterocycles. The molecule has 0 spiro atoms. The van der Waals surface area contributed by atoms with Gasteiger partial charge < -0.3 is 38.0 Å². The molecule has 3 atom stereocenters. The second-order valence-electron chi connectivity index (χ2n) is 5.62. The van der Waals surface area contributed by atoms with Gasteiger partial charge in [-0.05, 0) is 19.4 Å². The summed E-state index contributed by atoms with van der Waals surface area (Å²) < 4.78 is 0. The van der Waals surface area contributed by atoms with Crippen LogP contribution in [0.2, 0.25) is 0 Å². The van der Waals surface area contributed by atoms with Gasteiger partial charge in [-0.15, -0.1) is 0 Å². The molecule has 148 valence electrons. The van der Waals surface area contributed by atoms with E-state index in [2.05, 4.69) is 5.32 Å². The highest BCUT2D eigenvalue weighted by Crippen LogP contribution is 2.02. The number of nitrogens with two attached hydrogens (primary N) is 3. The van der Waals surface area contributed by atoms with E-state index in [9.17, 15) is 24.0 Å². The first-order valence-electron chi connectivity index (χ1n) is 7.87.